The van der Waals surface area contributed by atoms with Crippen molar-refractivity contribution in [3.8, 4) is 0 Å². The Hall–Kier alpha value is -1.84. The average Bonchev–Trinajstić information content (AvgIpc) is 3.29. The van der Waals surface area contributed by atoms with Gasteiger partial charge in [0, 0.05) is 23.2 Å². The lowest BCUT2D eigenvalue weighted by atomic mass is 9.78. The minimum atomic E-state index is -0.0192. The highest BCUT2D eigenvalue weighted by molar-refractivity contribution is 5.97. The molecule has 2 aliphatic carbocycles. The van der Waals surface area contributed by atoms with E-state index in [0.29, 0.717) is 23.3 Å². The van der Waals surface area contributed by atoms with E-state index < -0.39 is 0 Å². The SMILES string of the molecule is CC1CC1C(=O)Nc1ccc(C(=O)NC2C(C)CCCC2C)cc1. The van der Waals surface area contributed by atoms with Crippen LogP contribution in [0, 0.1) is 23.7 Å². The first-order valence-electron chi connectivity index (χ1n) is 9.17. The van der Waals surface area contributed by atoms with Crippen molar-refractivity contribution in [1.82, 2.24) is 5.32 Å². The molecule has 3 rings (SSSR count). The van der Waals surface area contributed by atoms with Crippen LogP contribution in [0.3, 0.4) is 0 Å². The molecule has 2 fully saturated rings. The molecule has 0 bridgehead atoms. The number of amides is 2. The van der Waals surface area contributed by atoms with E-state index in [1.807, 2.05) is 12.1 Å². The summed E-state index contributed by atoms with van der Waals surface area (Å²) >= 11 is 0. The fourth-order valence-electron chi connectivity index (χ4n) is 3.83. The van der Waals surface area contributed by atoms with E-state index in [-0.39, 0.29) is 23.8 Å². The number of benzene rings is 1. The lowest BCUT2D eigenvalue weighted by molar-refractivity contribution is -0.117. The van der Waals surface area contributed by atoms with E-state index in [0.717, 1.165) is 12.1 Å². The van der Waals surface area contributed by atoms with E-state index in [2.05, 4.69) is 31.4 Å². The Balaban J connectivity index is 1.58. The number of carbonyl (C=O) groups is 2. The second-order valence-electron chi connectivity index (χ2n) is 7.77. The fourth-order valence-corrected chi connectivity index (χ4v) is 3.83. The predicted molar refractivity (Wildman–Crippen MR) is 95.8 cm³/mol. The second-order valence-corrected chi connectivity index (χ2v) is 7.77. The van der Waals surface area contributed by atoms with Crippen LogP contribution in [0.2, 0.25) is 0 Å². The van der Waals surface area contributed by atoms with Gasteiger partial charge in [0.05, 0.1) is 0 Å². The van der Waals surface area contributed by atoms with E-state index in [9.17, 15) is 9.59 Å². The summed E-state index contributed by atoms with van der Waals surface area (Å²) in [5.41, 5.74) is 1.41. The number of hydrogen-bond donors (Lipinski definition) is 2. The molecule has 4 unspecified atom stereocenters. The van der Waals surface area contributed by atoms with Crippen molar-refractivity contribution >= 4 is 17.5 Å². The van der Waals surface area contributed by atoms with Crippen LogP contribution in [0.5, 0.6) is 0 Å². The monoisotopic (exact) mass is 328 g/mol. The molecule has 130 valence electrons. The summed E-state index contributed by atoms with van der Waals surface area (Å²) in [6, 6.07) is 7.46. The summed E-state index contributed by atoms with van der Waals surface area (Å²) in [6.45, 7) is 6.53. The summed E-state index contributed by atoms with van der Waals surface area (Å²) in [4.78, 5) is 24.4. The first-order chi connectivity index (χ1) is 11.5. The van der Waals surface area contributed by atoms with E-state index >= 15 is 0 Å². The summed E-state index contributed by atoms with van der Waals surface area (Å²) in [6.07, 6.45) is 4.59. The number of nitrogens with one attached hydrogen (secondary N) is 2. The largest absolute Gasteiger partial charge is 0.349 e. The Labute approximate surface area is 144 Å². The molecule has 2 N–H and O–H groups in total. The second kappa shape index (κ2) is 6.96. The van der Waals surface area contributed by atoms with Crippen molar-refractivity contribution in [2.45, 2.75) is 52.5 Å². The molecule has 2 aliphatic rings. The maximum atomic E-state index is 12.5. The average molecular weight is 328 g/mol. The molecule has 1 aromatic rings. The van der Waals surface area contributed by atoms with Gasteiger partial charge in [0.25, 0.3) is 5.91 Å². The molecule has 0 spiro atoms. The molecular formula is C20H28N2O2. The molecule has 0 aromatic heterocycles. The zero-order chi connectivity index (χ0) is 17.3. The summed E-state index contributed by atoms with van der Waals surface area (Å²) in [7, 11) is 0. The quantitative estimate of drug-likeness (QED) is 0.882. The number of hydrogen-bond acceptors (Lipinski definition) is 2. The van der Waals surface area contributed by atoms with Gasteiger partial charge in [-0.25, -0.2) is 0 Å². The topological polar surface area (TPSA) is 58.2 Å². The summed E-state index contributed by atoms with van der Waals surface area (Å²) in [5, 5.41) is 6.13. The van der Waals surface area contributed by atoms with E-state index in [1.165, 1.54) is 19.3 Å². The van der Waals surface area contributed by atoms with Crippen LogP contribution < -0.4 is 10.6 Å². The normalized spacial score (nSPS) is 32.0. The molecule has 0 radical (unpaired) electrons. The number of carbonyl (C=O) groups excluding carboxylic acids is 2. The molecule has 4 nitrogen and oxygen atoms in total. The smallest absolute Gasteiger partial charge is 0.251 e. The Morgan fingerprint density at radius 1 is 0.958 bits per heavy atom. The fraction of sp³-hybridized carbons (Fsp3) is 0.600. The van der Waals surface area contributed by atoms with Crippen molar-refractivity contribution < 1.29 is 9.59 Å². The van der Waals surface area contributed by atoms with Gasteiger partial charge in [0.1, 0.15) is 0 Å². The van der Waals surface area contributed by atoms with Crippen molar-refractivity contribution in [2.24, 2.45) is 23.7 Å². The molecule has 4 heteroatoms. The van der Waals surface area contributed by atoms with Gasteiger partial charge in [-0.3, -0.25) is 9.59 Å². The van der Waals surface area contributed by atoms with Crippen LogP contribution in [0.25, 0.3) is 0 Å². The van der Waals surface area contributed by atoms with Gasteiger partial charge in [0.2, 0.25) is 5.91 Å². The third-order valence-corrected chi connectivity index (χ3v) is 5.70. The zero-order valence-corrected chi connectivity index (χ0v) is 14.8. The molecule has 2 saturated carbocycles. The first-order valence-corrected chi connectivity index (χ1v) is 9.17. The molecule has 1 aromatic carbocycles. The lowest BCUT2D eigenvalue weighted by Crippen LogP contribution is -2.45. The van der Waals surface area contributed by atoms with Crippen LogP contribution in [0.15, 0.2) is 24.3 Å². The van der Waals surface area contributed by atoms with Gasteiger partial charge in [-0.2, -0.15) is 0 Å². The highest BCUT2D eigenvalue weighted by Gasteiger charge is 2.39. The maximum absolute atomic E-state index is 12.5. The van der Waals surface area contributed by atoms with E-state index in [1.54, 1.807) is 12.1 Å². The van der Waals surface area contributed by atoms with Crippen LogP contribution >= 0.6 is 0 Å². The van der Waals surface area contributed by atoms with Crippen LogP contribution in [-0.2, 0) is 4.79 Å². The first kappa shape index (κ1) is 17.0. The standard InChI is InChI=1S/C20H28N2O2/c1-12-5-4-6-13(2)18(12)22-19(23)15-7-9-16(10-8-15)21-20(24)17-11-14(17)3/h7-10,12-14,17-18H,4-6,11H2,1-3H3,(H,21,24)(H,22,23). The Bertz CT molecular complexity index is 601. The molecular weight excluding hydrogens is 300 g/mol. The molecule has 0 heterocycles. The van der Waals surface area contributed by atoms with Crippen LogP contribution in [-0.4, -0.2) is 17.9 Å². The highest BCUT2D eigenvalue weighted by atomic mass is 16.2. The lowest BCUT2D eigenvalue weighted by Gasteiger charge is -2.35. The van der Waals surface area contributed by atoms with Crippen molar-refractivity contribution in [3.63, 3.8) is 0 Å². The van der Waals surface area contributed by atoms with Gasteiger partial charge < -0.3 is 10.6 Å². The molecule has 24 heavy (non-hydrogen) atoms. The van der Waals surface area contributed by atoms with Crippen LogP contribution in [0.4, 0.5) is 5.69 Å². The van der Waals surface area contributed by atoms with Gasteiger partial charge in [-0.05, 0) is 61.3 Å². The third-order valence-electron chi connectivity index (χ3n) is 5.70. The van der Waals surface area contributed by atoms with Crippen molar-refractivity contribution in [2.75, 3.05) is 5.32 Å². The van der Waals surface area contributed by atoms with Gasteiger partial charge in [0.15, 0.2) is 0 Å². The summed E-state index contributed by atoms with van der Waals surface area (Å²) in [5.74, 6) is 1.77. The van der Waals surface area contributed by atoms with Gasteiger partial charge in [-0.1, -0.05) is 27.2 Å². The van der Waals surface area contributed by atoms with E-state index in [4.69, 9.17) is 0 Å². The molecule has 0 saturated heterocycles. The minimum absolute atomic E-state index is 0.0192. The Morgan fingerprint density at radius 3 is 2.08 bits per heavy atom. The number of rotatable bonds is 4. The van der Waals surface area contributed by atoms with Crippen LogP contribution in [0.1, 0.15) is 56.8 Å². The zero-order valence-electron chi connectivity index (χ0n) is 14.8. The molecule has 4 atom stereocenters. The predicted octanol–water partition coefficient (Wildman–Crippen LogP) is 3.84. The Kier molecular flexibility index (Phi) is 4.93. The van der Waals surface area contributed by atoms with Gasteiger partial charge in [-0.15, -0.1) is 0 Å². The van der Waals surface area contributed by atoms with Crippen molar-refractivity contribution in [3.05, 3.63) is 29.8 Å². The maximum Gasteiger partial charge on any atom is 0.251 e. The van der Waals surface area contributed by atoms with Gasteiger partial charge >= 0.3 is 0 Å². The Morgan fingerprint density at radius 2 is 1.54 bits per heavy atom. The number of anilines is 1. The minimum Gasteiger partial charge on any atom is -0.349 e. The highest BCUT2D eigenvalue weighted by Crippen LogP contribution is 2.38. The molecule has 2 amide bonds. The van der Waals surface area contributed by atoms with Crippen molar-refractivity contribution in [1.29, 1.82) is 0 Å². The summed E-state index contributed by atoms with van der Waals surface area (Å²) < 4.78 is 0. The molecule has 0 aliphatic heterocycles. The third kappa shape index (κ3) is 3.80.